The topological polar surface area (TPSA) is 78.7 Å². The second-order valence-corrected chi connectivity index (χ2v) is 8.65. The van der Waals surface area contributed by atoms with Gasteiger partial charge >= 0.3 is 5.97 Å². The molecule has 2 aromatic carbocycles. The van der Waals surface area contributed by atoms with E-state index in [-0.39, 0.29) is 11.7 Å². The molecule has 0 aliphatic heterocycles. The SMILES string of the molecule is O=C(OCCCCCCCCOc1ccc(/C=C/c2ccc([N+](=O)[O-])cc2)cc1)c1ccsc1. The molecule has 0 aliphatic rings. The fourth-order valence-corrected chi connectivity index (χ4v) is 3.93. The number of rotatable bonds is 14. The van der Waals surface area contributed by atoms with Crippen molar-refractivity contribution >= 4 is 35.1 Å². The summed E-state index contributed by atoms with van der Waals surface area (Å²) >= 11 is 1.50. The van der Waals surface area contributed by atoms with Crippen LogP contribution in [0.3, 0.4) is 0 Å². The summed E-state index contributed by atoms with van der Waals surface area (Å²) in [5.41, 5.74) is 2.67. The third-order valence-corrected chi connectivity index (χ3v) is 5.93. The summed E-state index contributed by atoms with van der Waals surface area (Å²) in [5.74, 6) is 0.617. The summed E-state index contributed by atoms with van der Waals surface area (Å²) in [5, 5.41) is 14.4. The molecule has 0 unspecified atom stereocenters. The quantitative estimate of drug-likeness (QED) is 0.0791. The number of hydrogen-bond acceptors (Lipinski definition) is 6. The Morgan fingerprint density at radius 2 is 1.41 bits per heavy atom. The van der Waals surface area contributed by atoms with Crippen LogP contribution in [0, 0.1) is 10.1 Å². The van der Waals surface area contributed by atoms with Crippen LogP contribution in [-0.2, 0) is 4.74 Å². The lowest BCUT2D eigenvalue weighted by Gasteiger charge is -2.07. The van der Waals surface area contributed by atoms with Crippen molar-refractivity contribution in [3.05, 3.63) is 92.2 Å². The van der Waals surface area contributed by atoms with Gasteiger partial charge in [-0.1, -0.05) is 50.0 Å². The maximum atomic E-state index is 11.7. The van der Waals surface area contributed by atoms with E-state index in [0.29, 0.717) is 18.8 Å². The zero-order valence-electron chi connectivity index (χ0n) is 19.1. The lowest BCUT2D eigenvalue weighted by Crippen LogP contribution is -2.05. The smallest absolute Gasteiger partial charge is 0.338 e. The van der Waals surface area contributed by atoms with Gasteiger partial charge in [0.2, 0.25) is 0 Å². The van der Waals surface area contributed by atoms with Crippen LogP contribution in [0.4, 0.5) is 5.69 Å². The van der Waals surface area contributed by atoms with Gasteiger partial charge in [-0.05, 0) is 59.7 Å². The van der Waals surface area contributed by atoms with E-state index in [1.54, 1.807) is 23.6 Å². The average Bonchev–Trinajstić information content (AvgIpc) is 3.40. The zero-order valence-corrected chi connectivity index (χ0v) is 19.9. The van der Waals surface area contributed by atoms with Crippen molar-refractivity contribution in [2.45, 2.75) is 38.5 Å². The first kappa shape index (κ1) is 25.2. The summed E-state index contributed by atoms with van der Waals surface area (Å²) in [6, 6.07) is 16.1. The van der Waals surface area contributed by atoms with Crippen molar-refractivity contribution in [1.82, 2.24) is 0 Å². The summed E-state index contributed by atoms with van der Waals surface area (Å²) in [6.45, 7) is 1.17. The second-order valence-electron chi connectivity index (χ2n) is 7.87. The molecule has 0 saturated heterocycles. The second kappa shape index (κ2) is 14.0. The van der Waals surface area contributed by atoms with Gasteiger partial charge in [0, 0.05) is 17.5 Å². The first-order valence-corrected chi connectivity index (χ1v) is 12.4. The molecule has 34 heavy (non-hydrogen) atoms. The van der Waals surface area contributed by atoms with Crippen LogP contribution >= 0.6 is 11.3 Å². The number of nitrogens with zero attached hydrogens (tertiary/aromatic N) is 1. The lowest BCUT2D eigenvalue weighted by molar-refractivity contribution is -0.384. The lowest BCUT2D eigenvalue weighted by atomic mass is 10.1. The molecule has 0 atom stereocenters. The van der Waals surface area contributed by atoms with Gasteiger partial charge in [-0.15, -0.1) is 0 Å². The predicted octanol–water partition coefficient (Wildman–Crippen LogP) is 7.40. The van der Waals surface area contributed by atoms with Crippen LogP contribution < -0.4 is 4.74 Å². The first-order valence-electron chi connectivity index (χ1n) is 11.5. The van der Waals surface area contributed by atoms with Crippen molar-refractivity contribution in [3.63, 3.8) is 0 Å². The van der Waals surface area contributed by atoms with Crippen LogP contribution in [0.1, 0.15) is 60.0 Å². The molecule has 0 aliphatic carbocycles. The Morgan fingerprint density at radius 3 is 2.00 bits per heavy atom. The first-order chi connectivity index (χ1) is 16.6. The minimum Gasteiger partial charge on any atom is -0.494 e. The summed E-state index contributed by atoms with van der Waals surface area (Å²) < 4.78 is 11.1. The third kappa shape index (κ3) is 8.83. The van der Waals surface area contributed by atoms with Crippen molar-refractivity contribution < 1.29 is 19.2 Å². The molecular weight excluding hydrogens is 450 g/mol. The number of hydrogen-bond donors (Lipinski definition) is 0. The van der Waals surface area contributed by atoms with Gasteiger partial charge in [0.05, 0.1) is 23.7 Å². The van der Waals surface area contributed by atoms with E-state index in [1.165, 1.54) is 23.5 Å². The molecule has 3 rings (SSSR count). The van der Waals surface area contributed by atoms with Crippen LogP contribution in [0.2, 0.25) is 0 Å². The number of thiophene rings is 1. The van der Waals surface area contributed by atoms with E-state index in [1.807, 2.05) is 41.8 Å². The number of nitro groups is 1. The van der Waals surface area contributed by atoms with E-state index < -0.39 is 4.92 Å². The average molecular weight is 480 g/mol. The number of carbonyl (C=O) groups excluding carboxylic acids is 1. The molecule has 6 nitrogen and oxygen atoms in total. The molecule has 0 bridgehead atoms. The number of esters is 1. The fraction of sp³-hybridized carbons (Fsp3) is 0.296. The van der Waals surface area contributed by atoms with E-state index in [4.69, 9.17) is 9.47 Å². The van der Waals surface area contributed by atoms with Crippen molar-refractivity contribution in [2.75, 3.05) is 13.2 Å². The Balaban J connectivity index is 1.22. The van der Waals surface area contributed by atoms with Crippen LogP contribution in [0.15, 0.2) is 65.4 Å². The molecule has 7 heteroatoms. The molecule has 0 fully saturated rings. The van der Waals surface area contributed by atoms with E-state index in [2.05, 4.69) is 0 Å². The van der Waals surface area contributed by atoms with E-state index in [0.717, 1.165) is 55.4 Å². The van der Waals surface area contributed by atoms with Crippen molar-refractivity contribution in [1.29, 1.82) is 0 Å². The molecular formula is C27H29NO5S. The highest BCUT2D eigenvalue weighted by molar-refractivity contribution is 7.08. The maximum Gasteiger partial charge on any atom is 0.338 e. The van der Waals surface area contributed by atoms with Gasteiger partial charge < -0.3 is 9.47 Å². The van der Waals surface area contributed by atoms with Crippen molar-refractivity contribution in [3.8, 4) is 5.75 Å². The minimum absolute atomic E-state index is 0.0892. The number of benzene rings is 2. The summed E-state index contributed by atoms with van der Waals surface area (Å²) in [4.78, 5) is 22.0. The van der Waals surface area contributed by atoms with Gasteiger partial charge in [0.15, 0.2) is 0 Å². The Kier molecular flexibility index (Phi) is 10.3. The van der Waals surface area contributed by atoms with Crippen LogP contribution in [0.25, 0.3) is 12.2 Å². The normalized spacial score (nSPS) is 10.9. The van der Waals surface area contributed by atoms with E-state index in [9.17, 15) is 14.9 Å². The maximum absolute atomic E-state index is 11.7. The van der Waals surface area contributed by atoms with Crippen LogP contribution in [0.5, 0.6) is 5.75 Å². The highest BCUT2D eigenvalue weighted by Gasteiger charge is 2.06. The highest BCUT2D eigenvalue weighted by atomic mass is 32.1. The van der Waals surface area contributed by atoms with E-state index >= 15 is 0 Å². The Morgan fingerprint density at radius 1 is 0.824 bits per heavy atom. The van der Waals surface area contributed by atoms with Gasteiger partial charge in [-0.3, -0.25) is 10.1 Å². The number of unbranched alkanes of at least 4 members (excludes halogenated alkanes) is 5. The van der Waals surface area contributed by atoms with Crippen LogP contribution in [-0.4, -0.2) is 24.1 Å². The van der Waals surface area contributed by atoms with Crippen molar-refractivity contribution in [2.24, 2.45) is 0 Å². The standard InChI is InChI=1S/C27H29NO5S/c29-27(24-17-20-34-21-24)33-19-6-4-2-1-3-5-18-32-26-15-11-23(12-16-26)8-7-22-9-13-25(14-10-22)28(30)31/h7-17,20-21H,1-6,18-19H2/b8-7+. The summed E-state index contributed by atoms with van der Waals surface area (Å²) in [6.07, 6.45) is 10.3. The minimum atomic E-state index is -0.401. The molecule has 0 spiro atoms. The van der Waals surface area contributed by atoms with Gasteiger partial charge in [-0.2, -0.15) is 11.3 Å². The third-order valence-electron chi connectivity index (χ3n) is 5.25. The monoisotopic (exact) mass is 479 g/mol. The number of ether oxygens (including phenoxy) is 2. The molecule has 3 aromatic rings. The molecule has 1 heterocycles. The van der Waals surface area contributed by atoms with Gasteiger partial charge in [0.1, 0.15) is 5.75 Å². The Bertz CT molecular complexity index is 1040. The summed E-state index contributed by atoms with van der Waals surface area (Å²) in [7, 11) is 0. The number of non-ortho nitro benzene ring substituents is 1. The predicted molar refractivity (Wildman–Crippen MR) is 136 cm³/mol. The number of nitro benzene ring substituents is 1. The zero-order chi connectivity index (χ0) is 24.0. The molecule has 1 aromatic heterocycles. The Labute approximate surface area is 204 Å². The molecule has 0 saturated carbocycles. The Hall–Kier alpha value is -3.45. The molecule has 178 valence electrons. The van der Waals surface area contributed by atoms with Gasteiger partial charge in [0.25, 0.3) is 5.69 Å². The fourth-order valence-electron chi connectivity index (χ4n) is 3.30. The highest BCUT2D eigenvalue weighted by Crippen LogP contribution is 2.17. The molecule has 0 N–H and O–H groups in total. The van der Waals surface area contributed by atoms with Gasteiger partial charge in [-0.25, -0.2) is 4.79 Å². The number of carbonyl (C=O) groups is 1. The molecule has 0 amide bonds. The largest absolute Gasteiger partial charge is 0.494 e. The molecule has 0 radical (unpaired) electrons.